The van der Waals surface area contributed by atoms with E-state index in [1.54, 1.807) is 24.7 Å². The lowest BCUT2D eigenvalue weighted by Gasteiger charge is -2.10. The Morgan fingerprint density at radius 3 is 2.70 bits per heavy atom. The first-order chi connectivity index (χ1) is 13.1. The number of nitrogens with zero attached hydrogens (tertiary/aromatic N) is 4. The normalized spacial score (nSPS) is 10.4. The number of anilines is 1. The van der Waals surface area contributed by atoms with Crippen molar-refractivity contribution in [1.29, 1.82) is 5.26 Å². The lowest BCUT2D eigenvalue weighted by molar-refractivity contribution is 0.573. The van der Waals surface area contributed by atoms with E-state index in [1.165, 1.54) is 23.5 Å². The van der Waals surface area contributed by atoms with Crippen LogP contribution in [0.4, 0.5) is 11.5 Å². The first-order valence-electron chi connectivity index (χ1n) is 7.55. The van der Waals surface area contributed by atoms with Gasteiger partial charge in [-0.1, -0.05) is 23.4 Å². The van der Waals surface area contributed by atoms with E-state index in [0.29, 0.717) is 37.8 Å². The number of nitrogens with two attached hydrogens (primary N) is 1. The fourth-order valence-electron chi connectivity index (χ4n) is 2.30. The minimum atomic E-state index is 0.123. The summed E-state index contributed by atoms with van der Waals surface area (Å²) >= 11 is 8.53. The van der Waals surface area contributed by atoms with E-state index >= 15 is 0 Å². The maximum absolute atomic E-state index is 9.51. The van der Waals surface area contributed by atoms with Gasteiger partial charge in [-0.2, -0.15) is 5.26 Å². The number of pyridine rings is 1. The summed E-state index contributed by atoms with van der Waals surface area (Å²) in [6.45, 7) is 7.25. The van der Waals surface area contributed by atoms with Gasteiger partial charge in [0.05, 0.1) is 17.8 Å². The Balaban J connectivity index is 1.84. The maximum atomic E-state index is 9.51. The van der Waals surface area contributed by atoms with Gasteiger partial charge in [0.25, 0.3) is 0 Å². The first kappa shape index (κ1) is 19.1. The molecule has 0 radical (unpaired) electrons. The molecule has 0 atom stereocenters. The van der Waals surface area contributed by atoms with E-state index in [2.05, 4.69) is 20.9 Å². The molecule has 0 aliphatic heterocycles. The van der Waals surface area contributed by atoms with Crippen LogP contribution in [0.3, 0.4) is 0 Å². The summed E-state index contributed by atoms with van der Waals surface area (Å²) in [4.78, 5) is 12.6. The summed E-state index contributed by atoms with van der Waals surface area (Å²) < 4.78 is 5.52. The number of thioether (sulfide) groups is 2. The predicted octanol–water partition coefficient (Wildman–Crippen LogP) is 5.41. The highest BCUT2D eigenvalue weighted by Gasteiger charge is 2.19. The second kappa shape index (κ2) is 8.36. The molecule has 0 amide bonds. The first-order valence-corrected chi connectivity index (χ1v) is 10.1. The Labute approximate surface area is 169 Å². The van der Waals surface area contributed by atoms with Crippen molar-refractivity contribution in [2.75, 3.05) is 12.0 Å². The van der Waals surface area contributed by atoms with Gasteiger partial charge in [0.2, 0.25) is 11.6 Å². The molecular formula is C18H12ClN5OS2. The number of nitriles is 1. The average molecular weight is 414 g/mol. The highest BCUT2D eigenvalue weighted by Crippen LogP contribution is 2.40. The van der Waals surface area contributed by atoms with Crippen molar-refractivity contribution in [3.8, 4) is 17.5 Å². The SMILES string of the molecule is [C-]#[N+]c1c(N)nc(SCc2coc(-c3ccc(Cl)cc3)n2)c(C#N)c1SC. The standard InChI is InChI=1S/C18H12ClN5OS2/c1-22-14-15(26-2)13(7-20)18(24-16(14)21)27-9-12-8-25-17(23-12)10-3-5-11(19)6-4-10/h3-6,8H,9H2,2H3,(H2,21,24). The molecule has 0 aliphatic rings. The number of oxazole rings is 1. The van der Waals surface area contributed by atoms with Gasteiger partial charge < -0.3 is 10.2 Å². The second-order valence-corrected chi connectivity index (χ2v) is 7.44. The lowest BCUT2D eigenvalue weighted by Crippen LogP contribution is -1.98. The molecule has 0 fully saturated rings. The summed E-state index contributed by atoms with van der Waals surface area (Å²) in [7, 11) is 0. The number of halogens is 1. The fraction of sp³-hybridized carbons (Fsp3) is 0.111. The van der Waals surface area contributed by atoms with Crippen molar-refractivity contribution in [2.45, 2.75) is 15.7 Å². The molecule has 27 heavy (non-hydrogen) atoms. The molecule has 3 aromatic rings. The van der Waals surface area contributed by atoms with Gasteiger partial charge in [-0.3, -0.25) is 0 Å². The van der Waals surface area contributed by atoms with Crippen molar-refractivity contribution < 1.29 is 4.42 Å². The summed E-state index contributed by atoms with van der Waals surface area (Å²) in [6, 6.07) is 9.32. The third-order valence-electron chi connectivity index (χ3n) is 3.55. The zero-order chi connectivity index (χ0) is 19.4. The van der Waals surface area contributed by atoms with Crippen molar-refractivity contribution in [1.82, 2.24) is 9.97 Å². The molecule has 2 N–H and O–H groups in total. The van der Waals surface area contributed by atoms with E-state index in [9.17, 15) is 5.26 Å². The smallest absolute Gasteiger partial charge is 0.242 e. The van der Waals surface area contributed by atoms with Gasteiger partial charge in [0, 0.05) is 21.2 Å². The molecule has 0 bridgehead atoms. The molecule has 134 valence electrons. The Morgan fingerprint density at radius 1 is 1.33 bits per heavy atom. The van der Waals surface area contributed by atoms with Crippen LogP contribution in [0.5, 0.6) is 0 Å². The maximum Gasteiger partial charge on any atom is 0.242 e. The highest BCUT2D eigenvalue weighted by atomic mass is 35.5. The van der Waals surface area contributed by atoms with Gasteiger partial charge in [-0.15, -0.1) is 11.8 Å². The molecule has 3 rings (SSSR count). The third-order valence-corrected chi connectivity index (χ3v) is 5.61. The van der Waals surface area contributed by atoms with Gasteiger partial charge in [0.1, 0.15) is 23.2 Å². The predicted molar refractivity (Wildman–Crippen MR) is 108 cm³/mol. The number of hydrogen-bond acceptors (Lipinski definition) is 7. The Morgan fingerprint density at radius 2 is 2.07 bits per heavy atom. The molecule has 1 aromatic carbocycles. The van der Waals surface area contributed by atoms with E-state index in [-0.39, 0.29) is 11.5 Å². The van der Waals surface area contributed by atoms with E-state index < -0.39 is 0 Å². The van der Waals surface area contributed by atoms with Gasteiger partial charge in [-0.25, -0.2) is 14.8 Å². The number of rotatable bonds is 5. The van der Waals surface area contributed by atoms with Crippen LogP contribution in [-0.4, -0.2) is 16.2 Å². The topological polar surface area (TPSA) is 93.1 Å². The third kappa shape index (κ3) is 4.04. The zero-order valence-electron chi connectivity index (χ0n) is 14.1. The largest absolute Gasteiger partial charge is 0.444 e. The monoisotopic (exact) mass is 413 g/mol. The van der Waals surface area contributed by atoms with E-state index in [0.717, 1.165) is 5.56 Å². The molecule has 0 spiro atoms. The molecule has 2 aromatic heterocycles. The molecular weight excluding hydrogens is 402 g/mol. The minimum Gasteiger partial charge on any atom is -0.444 e. The second-order valence-electron chi connectivity index (χ2n) is 5.22. The Kier molecular flexibility index (Phi) is 5.92. The summed E-state index contributed by atoms with van der Waals surface area (Å²) in [6.07, 6.45) is 3.37. The summed E-state index contributed by atoms with van der Waals surface area (Å²) in [5.74, 6) is 1.06. The number of aromatic nitrogens is 2. The molecule has 0 unspecified atom stereocenters. The van der Waals surface area contributed by atoms with Crippen LogP contribution in [0, 0.1) is 17.9 Å². The van der Waals surface area contributed by atoms with Crippen LogP contribution in [0.1, 0.15) is 11.3 Å². The zero-order valence-corrected chi connectivity index (χ0v) is 16.5. The molecule has 2 heterocycles. The number of hydrogen-bond donors (Lipinski definition) is 1. The van der Waals surface area contributed by atoms with Crippen LogP contribution >= 0.6 is 35.1 Å². The highest BCUT2D eigenvalue weighted by molar-refractivity contribution is 7.99. The van der Waals surface area contributed by atoms with Crippen LogP contribution in [0.15, 0.2) is 44.9 Å². The number of benzene rings is 1. The number of nitrogen functional groups attached to an aromatic ring is 1. The fourth-order valence-corrected chi connectivity index (χ4v) is 4.05. The Bertz CT molecular complexity index is 1070. The molecule has 0 aliphatic carbocycles. The summed E-state index contributed by atoms with van der Waals surface area (Å²) in [5, 5.41) is 10.6. The van der Waals surface area contributed by atoms with Gasteiger partial charge in [-0.05, 0) is 30.5 Å². The molecule has 0 saturated carbocycles. The Hall–Kier alpha value is -2.65. The van der Waals surface area contributed by atoms with Gasteiger partial charge in [0.15, 0.2) is 0 Å². The van der Waals surface area contributed by atoms with Crippen molar-refractivity contribution in [3.05, 3.63) is 58.2 Å². The van der Waals surface area contributed by atoms with Crippen molar-refractivity contribution in [2.24, 2.45) is 0 Å². The molecule has 6 nitrogen and oxygen atoms in total. The van der Waals surface area contributed by atoms with Gasteiger partial charge >= 0.3 is 0 Å². The quantitative estimate of drug-likeness (QED) is 0.441. The van der Waals surface area contributed by atoms with E-state index in [4.69, 9.17) is 28.3 Å². The lowest BCUT2D eigenvalue weighted by atomic mass is 10.2. The van der Waals surface area contributed by atoms with Crippen molar-refractivity contribution in [3.63, 3.8) is 0 Å². The van der Waals surface area contributed by atoms with Crippen molar-refractivity contribution >= 4 is 46.6 Å². The van der Waals surface area contributed by atoms with Crippen LogP contribution in [0.2, 0.25) is 5.02 Å². The van der Waals surface area contributed by atoms with Crippen LogP contribution in [0.25, 0.3) is 16.3 Å². The van der Waals surface area contributed by atoms with Crippen LogP contribution in [-0.2, 0) is 5.75 Å². The van der Waals surface area contributed by atoms with E-state index in [1.807, 2.05) is 12.1 Å². The van der Waals surface area contributed by atoms with Crippen LogP contribution < -0.4 is 5.73 Å². The summed E-state index contributed by atoms with van der Waals surface area (Å²) in [5.41, 5.74) is 7.98. The average Bonchev–Trinajstić information content (AvgIpc) is 3.15. The molecule has 0 saturated heterocycles. The molecule has 9 heteroatoms. The minimum absolute atomic E-state index is 0.123.